The molecule has 7 nitrogen and oxygen atoms in total. The molecule has 0 radical (unpaired) electrons. The Labute approximate surface area is 244 Å². The molecule has 7 heteroatoms. The van der Waals surface area contributed by atoms with Crippen LogP contribution in [0.25, 0.3) is 0 Å². The summed E-state index contributed by atoms with van der Waals surface area (Å²) in [6.07, 6.45) is 0. The molecule has 1 spiro atoms. The smallest absolute Gasteiger partial charge is 0.314 e. The van der Waals surface area contributed by atoms with Gasteiger partial charge in [-0.3, -0.25) is 4.79 Å². The average molecular weight is 562 g/mol. The van der Waals surface area contributed by atoms with Crippen molar-refractivity contribution in [2.24, 2.45) is 10.9 Å². The first-order valence-corrected chi connectivity index (χ1v) is 14.0. The molecule has 2 aliphatic heterocycles. The summed E-state index contributed by atoms with van der Waals surface area (Å²) in [4.78, 5) is 18.9. The molecule has 7 rings (SSSR count). The van der Waals surface area contributed by atoms with Crippen molar-refractivity contribution < 1.29 is 28.8 Å². The lowest BCUT2D eigenvalue weighted by molar-refractivity contribution is -0.179. The Morgan fingerprint density at radius 3 is 2.19 bits per heavy atom. The van der Waals surface area contributed by atoms with Gasteiger partial charge in [0.15, 0.2) is 5.60 Å². The fourth-order valence-corrected chi connectivity index (χ4v) is 7.49. The van der Waals surface area contributed by atoms with Crippen LogP contribution in [0.15, 0.2) is 102 Å². The fourth-order valence-electron chi connectivity index (χ4n) is 7.49. The molecule has 1 fully saturated rings. The van der Waals surface area contributed by atoms with Gasteiger partial charge in [-0.15, -0.1) is 0 Å². The molecule has 4 aromatic carbocycles. The number of methoxy groups -OCH3 is 2. The molecule has 42 heavy (non-hydrogen) atoms. The highest BCUT2D eigenvalue weighted by Gasteiger charge is 2.88. The molecular weight excluding hydrogens is 530 g/mol. The highest BCUT2D eigenvalue weighted by molar-refractivity contribution is 5.98. The largest absolute Gasteiger partial charge is 0.497 e. The van der Waals surface area contributed by atoms with E-state index in [4.69, 9.17) is 23.9 Å². The Hall–Kier alpha value is -4.62. The van der Waals surface area contributed by atoms with E-state index in [2.05, 4.69) is 0 Å². The Balaban J connectivity index is 1.64. The standard InChI is InChI=1S/C35H31NO6/c1-21-19-22(2)28-27(20-21)41-33(25-15-17-26(39-3)18-16-25)29(23-11-7-5-8-12-23)30(32(37)40-4)35(38)34(28,33)42-31(36-35)24-13-9-6-10-14-24/h5-20,29-30,38H,1-4H3/t29-,30+,33+,34-,35-/m1/s1. The maximum absolute atomic E-state index is 14.0. The van der Waals surface area contributed by atoms with E-state index in [0.29, 0.717) is 28.2 Å². The number of ether oxygens (including phenoxy) is 4. The van der Waals surface area contributed by atoms with E-state index >= 15 is 0 Å². The van der Waals surface area contributed by atoms with Crippen molar-refractivity contribution in [1.29, 1.82) is 0 Å². The Kier molecular flexibility index (Phi) is 5.75. The van der Waals surface area contributed by atoms with Crippen LogP contribution in [-0.4, -0.2) is 36.9 Å². The van der Waals surface area contributed by atoms with Crippen LogP contribution < -0.4 is 9.47 Å². The minimum atomic E-state index is -2.10. The second-order valence-corrected chi connectivity index (χ2v) is 11.2. The Morgan fingerprint density at radius 2 is 1.55 bits per heavy atom. The molecule has 3 aliphatic rings. The lowest BCUT2D eigenvalue weighted by atomic mass is 9.69. The third-order valence-corrected chi connectivity index (χ3v) is 8.99. The predicted octanol–water partition coefficient (Wildman–Crippen LogP) is 5.55. The third-order valence-electron chi connectivity index (χ3n) is 8.99. The van der Waals surface area contributed by atoms with Crippen LogP contribution in [0.2, 0.25) is 0 Å². The first kappa shape index (κ1) is 26.3. The van der Waals surface area contributed by atoms with Crippen LogP contribution >= 0.6 is 0 Å². The second kappa shape index (κ2) is 9.19. The number of carbonyl (C=O) groups excluding carboxylic acids is 1. The minimum absolute atomic E-state index is 0.229. The van der Waals surface area contributed by atoms with Gasteiger partial charge in [0.2, 0.25) is 17.2 Å². The molecule has 0 aromatic heterocycles. The SMILES string of the molecule is COC(=O)[C@@H]1[C@@H](c2ccccc2)[C@]2(c3ccc(OC)cc3)Oc3cc(C)cc(C)c3[C@@]23OC(c2ccccc2)=N[C@@]13O. The molecule has 4 aromatic rings. The molecule has 0 bridgehead atoms. The number of fused-ring (bicyclic) bond motifs is 1. The molecule has 0 saturated heterocycles. The summed E-state index contributed by atoms with van der Waals surface area (Å²) in [5.41, 5.74) is -0.490. The number of aryl methyl sites for hydroxylation is 2. The predicted molar refractivity (Wildman–Crippen MR) is 157 cm³/mol. The number of hydrogen-bond acceptors (Lipinski definition) is 7. The van der Waals surface area contributed by atoms with Crippen molar-refractivity contribution in [3.63, 3.8) is 0 Å². The Bertz CT molecular complexity index is 1720. The van der Waals surface area contributed by atoms with E-state index in [0.717, 1.165) is 16.7 Å². The van der Waals surface area contributed by atoms with Gasteiger partial charge in [-0.05, 0) is 60.9 Å². The zero-order valence-electron chi connectivity index (χ0n) is 23.8. The van der Waals surface area contributed by atoms with Gasteiger partial charge >= 0.3 is 5.97 Å². The van der Waals surface area contributed by atoms with Gasteiger partial charge in [0.25, 0.3) is 0 Å². The summed E-state index contributed by atoms with van der Waals surface area (Å²) < 4.78 is 25.1. The minimum Gasteiger partial charge on any atom is -0.497 e. The molecule has 212 valence electrons. The van der Waals surface area contributed by atoms with Crippen LogP contribution in [0.4, 0.5) is 0 Å². The van der Waals surface area contributed by atoms with Crippen molar-refractivity contribution >= 4 is 11.9 Å². The Morgan fingerprint density at radius 1 is 0.881 bits per heavy atom. The van der Waals surface area contributed by atoms with Gasteiger partial charge in [-0.1, -0.05) is 66.7 Å². The maximum Gasteiger partial charge on any atom is 0.314 e. The zero-order chi connectivity index (χ0) is 29.3. The van der Waals surface area contributed by atoms with Gasteiger partial charge in [0.05, 0.1) is 25.7 Å². The number of carbonyl (C=O) groups is 1. The molecule has 0 unspecified atom stereocenters. The third kappa shape index (κ3) is 3.20. The van der Waals surface area contributed by atoms with Crippen LogP contribution in [0.5, 0.6) is 11.5 Å². The summed E-state index contributed by atoms with van der Waals surface area (Å²) in [5, 5.41) is 13.2. The van der Waals surface area contributed by atoms with Crippen molar-refractivity contribution in [3.8, 4) is 11.5 Å². The number of aliphatic imine (C=N–C) groups is 1. The number of rotatable bonds is 5. The molecular formula is C35H31NO6. The van der Waals surface area contributed by atoms with E-state index in [9.17, 15) is 9.90 Å². The number of nitrogens with zero attached hydrogens (tertiary/aromatic N) is 1. The lowest BCUT2D eigenvalue weighted by Crippen LogP contribution is -2.57. The van der Waals surface area contributed by atoms with E-state index in [-0.39, 0.29) is 5.90 Å². The first-order valence-electron chi connectivity index (χ1n) is 14.0. The molecule has 1 aliphatic carbocycles. The quantitative estimate of drug-likeness (QED) is 0.322. The van der Waals surface area contributed by atoms with Gasteiger partial charge < -0.3 is 24.1 Å². The highest BCUT2D eigenvalue weighted by Crippen LogP contribution is 2.76. The van der Waals surface area contributed by atoms with Gasteiger partial charge in [-0.25, -0.2) is 4.99 Å². The molecule has 2 heterocycles. The van der Waals surface area contributed by atoms with Gasteiger partial charge in [-0.2, -0.15) is 0 Å². The average Bonchev–Trinajstić information content (AvgIpc) is 3.54. The van der Waals surface area contributed by atoms with E-state index < -0.39 is 34.7 Å². The van der Waals surface area contributed by atoms with Crippen molar-refractivity contribution in [2.75, 3.05) is 14.2 Å². The van der Waals surface area contributed by atoms with Gasteiger partial charge in [0, 0.05) is 11.1 Å². The topological polar surface area (TPSA) is 86.6 Å². The highest BCUT2D eigenvalue weighted by atomic mass is 16.6. The summed E-state index contributed by atoms with van der Waals surface area (Å²) in [5.74, 6) is -1.07. The summed E-state index contributed by atoms with van der Waals surface area (Å²) >= 11 is 0. The van der Waals surface area contributed by atoms with Crippen LogP contribution in [0, 0.1) is 19.8 Å². The van der Waals surface area contributed by atoms with Gasteiger partial charge in [0.1, 0.15) is 17.4 Å². The molecule has 1 saturated carbocycles. The van der Waals surface area contributed by atoms with Crippen LogP contribution in [-0.2, 0) is 25.5 Å². The zero-order valence-corrected chi connectivity index (χ0v) is 23.8. The maximum atomic E-state index is 14.0. The number of esters is 1. The second-order valence-electron chi connectivity index (χ2n) is 11.2. The van der Waals surface area contributed by atoms with Crippen molar-refractivity contribution in [1.82, 2.24) is 0 Å². The normalized spacial score (nSPS) is 28.5. The van der Waals surface area contributed by atoms with Crippen molar-refractivity contribution in [3.05, 3.63) is 130 Å². The van der Waals surface area contributed by atoms with E-state index in [1.165, 1.54) is 7.11 Å². The number of benzene rings is 4. The monoisotopic (exact) mass is 561 g/mol. The molecule has 1 N–H and O–H groups in total. The van der Waals surface area contributed by atoms with Crippen LogP contribution in [0.1, 0.15) is 39.3 Å². The fraction of sp³-hybridized carbons (Fsp3) is 0.257. The molecule has 0 amide bonds. The number of hydrogen-bond donors (Lipinski definition) is 1. The van der Waals surface area contributed by atoms with E-state index in [1.807, 2.05) is 111 Å². The molecule has 5 atom stereocenters. The van der Waals surface area contributed by atoms with E-state index in [1.54, 1.807) is 7.11 Å². The number of aliphatic hydroxyl groups is 1. The van der Waals surface area contributed by atoms with Crippen molar-refractivity contribution in [2.45, 2.75) is 36.7 Å². The first-order chi connectivity index (χ1) is 20.3. The summed E-state index contributed by atoms with van der Waals surface area (Å²) in [6.45, 7) is 3.98. The summed E-state index contributed by atoms with van der Waals surface area (Å²) in [6, 6.07) is 30.5. The lowest BCUT2D eigenvalue weighted by Gasteiger charge is -2.42. The summed E-state index contributed by atoms with van der Waals surface area (Å²) in [7, 11) is 2.94. The van der Waals surface area contributed by atoms with Crippen LogP contribution in [0.3, 0.4) is 0 Å².